The number of nitrogens with two attached hydrogens (primary N) is 1. The van der Waals surface area contributed by atoms with Gasteiger partial charge in [0, 0.05) is 19.5 Å². The summed E-state index contributed by atoms with van der Waals surface area (Å²) in [5.41, 5.74) is 6.16. The highest BCUT2D eigenvalue weighted by Crippen LogP contribution is 2.41. The summed E-state index contributed by atoms with van der Waals surface area (Å²) in [6.45, 7) is 2.76. The number of likely N-dealkylation sites (tertiary alicyclic amines) is 1. The van der Waals surface area contributed by atoms with Crippen molar-refractivity contribution >= 4 is 5.91 Å². The SMILES string of the molecule is NCC1(CC(=O)N2CC3CCCCC3C2)CCCCC1. The summed E-state index contributed by atoms with van der Waals surface area (Å²) in [5, 5.41) is 0. The van der Waals surface area contributed by atoms with Crippen molar-refractivity contribution in [3.05, 3.63) is 0 Å². The summed E-state index contributed by atoms with van der Waals surface area (Å²) in [5.74, 6) is 1.99. The van der Waals surface area contributed by atoms with Gasteiger partial charge < -0.3 is 10.6 Å². The van der Waals surface area contributed by atoms with Gasteiger partial charge in [0.1, 0.15) is 0 Å². The first-order valence-corrected chi connectivity index (χ1v) is 8.70. The minimum atomic E-state index is 0.128. The zero-order chi connectivity index (χ0) is 14.0. The number of amides is 1. The third-order valence-electron chi connectivity index (χ3n) is 6.20. The zero-order valence-electron chi connectivity index (χ0n) is 12.8. The van der Waals surface area contributed by atoms with Crippen LogP contribution in [-0.2, 0) is 4.79 Å². The van der Waals surface area contributed by atoms with E-state index in [1.54, 1.807) is 0 Å². The van der Waals surface area contributed by atoms with Crippen LogP contribution in [0.15, 0.2) is 0 Å². The van der Waals surface area contributed by atoms with Crippen LogP contribution in [0.1, 0.15) is 64.2 Å². The van der Waals surface area contributed by atoms with Crippen molar-refractivity contribution in [1.82, 2.24) is 4.90 Å². The van der Waals surface area contributed by atoms with E-state index in [1.807, 2.05) is 0 Å². The van der Waals surface area contributed by atoms with E-state index in [-0.39, 0.29) is 5.41 Å². The Bertz CT molecular complexity index is 335. The first kappa shape index (κ1) is 14.4. The molecular formula is C17H30N2O. The average Bonchev–Trinajstić information content (AvgIpc) is 2.92. The van der Waals surface area contributed by atoms with Gasteiger partial charge in [-0.2, -0.15) is 0 Å². The monoisotopic (exact) mass is 278 g/mol. The second-order valence-corrected chi connectivity index (χ2v) is 7.54. The molecule has 0 radical (unpaired) electrons. The van der Waals surface area contributed by atoms with Gasteiger partial charge in [0.25, 0.3) is 0 Å². The Labute approximate surface area is 123 Å². The number of hydrogen-bond acceptors (Lipinski definition) is 2. The Hall–Kier alpha value is -0.570. The molecule has 2 N–H and O–H groups in total. The molecule has 2 aliphatic carbocycles. The molecule has 1 heterocycles. The Morgan fingerprint density at radius 1 is 1.00 bits per heavy atom. The highest BCUT2D eigenvalue weighted by Gasteiger charge is 2.39. The van der Waals surface area contributed by atoms with Gasteiger partial charge in [-0.25, -0.2) is 0 Å². The third-order valence-corrected chi connectivity index (χ3v) is 6.20. The molecule has 0 aromatic carbocycles. The van der Waals surface area contributed by atoms with Crippen LogP contribution < -0.4 is 5.73 Å². The quantitative estimate of drug-likeness (QED) is 0.862. The molecule has 3 rings (SSSR count). The van der Waals surface area contributed by atoms with Crippen LogP contribution in [-0.4, -0.2) is 30.4 Å². The summed E-state index contributed by atoms with van der Waals surface area (Å²) in [4.78, 5) is 14.9. The fourth-order valence-electron chi connectivity index (χ4n) is 4.80. The second-order valence-electron chi connectivity index (χ2n) is 7.54. The normalized spacial score (nSPS) is 33.0. The van der Waals surface area contributed by atoms with Crippen molar-refractivity contribution in [3.63, 3.8) is 0 Å². The number of nitrogens with zero attached hydrogens (tertiary/aromatic N) is 1. The van der Waals surface area contributed by atoms with E-state index in [9.17, 15) is 4.79 Å². The number of hydrogen-bond donors (Lipinski definition) is 1. The topological polar surface area (TPSA) is 46.3 Å². The average molecular weight is 278 g/mol. The van der Waals surface area contributed by atoms with Gasteiger partial charge in [-0.1, -0.05) is 32.1 Å². The van der Waals surface area contributed by atoms with Crippen LogP contribution in [0.3, 0.4) is 0 Å². The number of carbonyl (C=O) groups is 1. The van der Waals surface area contributed by atoms with Crippen LogP contribution in [0.25, 0.3) is 0 Å². The maximum Gasteiger partial charge on any atom is 0.223 e. The van der Waals surface area contributed by atoms with Gasteiger partial charge in [-0.3, -0.25) is 4.79 Å². The summed E-state index contributed by atoms with van der Waals surface area (Å²) < 4.78 is 0. The summed E-state index contributed by atoms with van der Waals surface area (Å²) in [7, 11) is 0. The Kier molecular flexibility index (Phi) is 4.34. The first-order valence-electron chi connectivity index (χ1n) is 8.70. The van der Waals surface area contributed by atoms with Gasteiger partial charge in [-0.05, 0) is 49.5 Å². The maximum absolute atomic E-state index is 12.7. The molecule has 1 saturated heterocycles. The summed E-state index contributed by atoms with van der Waals surface area (Å²) in [6, 6.07) is 0. The van der Waals surface area contributed by atoms with Crippen molar-refractivity contribution in [2.24, 2.45) is 23.0 Å². The maximum atomic E-state index is 12.7. The van der Waals surface area contributed by atoms with E-state index in [1.165, 1.54) is 44.9 Å². The van der Waals surface area contributed by atoms with Gasteiger partial charge >= 0.3 is 0 Å². The predicted molar refractivity (Wildman–Crippen MR) is 81.2 cm³/mol. The first-order chi connectivity index (χ1) is 9.72. The van der Waals surface area contributed by atoms with Crippen LogP contribution in [0.2, 0.25) is 0 Å². The van der Waals surface area contributed by atoms with Crippen molar-refractivity contribution in [3.8, 4) is 0 Å². The van der Waals surface area contributed by atoms with Crippen molar-refractivity contribution < 1.29 is 4.79 Å². The van der Waals surface area contributed by atoms with Gasteiger partial charge in [0.2, 0.25) is 5.91 Å². The molecule has 0 aromatic heterocycles. The lowest BCUT2D eigenvalue weighted by atomic mass is 9.71. The minimum Gasteiger partial charge on any atom is -0.342 e. The summed E-state index contributed by atoms with van der Waals surface area (Å²) >= 11 is 0. The smallest absolute Gasteiger partial charge is 0.223 e. The van der Waals surface area contributed by atoms with E-state index < -0.39 is 0 Å². The van der Waals surface area contributed by atoms with Gasteiger partial charge in [0.05, 0.1) is 0 Å². The molecule has 3 fully saturated rings. The number of rotatable bonds is 3. The second kappa shape index (κ2) is 6.05. The Morgan fingerprint density at radius 3 is 2.15 bits per heavy atom. The fraction of sp³-hybridized carbons (Fsp3) is 0.941. The molecular weight excluding hydrogens is 248 g/mol. The van der Waals surface area contributed by atoms with E-state index in [0.717, 1.165) is 37.8 Å². The van der Waals surface area contributed by atoms with Crippen LogP contribution in [0.5, 0.6) is 0 Å². The highest BCUT2D eigenvalue weighted by atomic mass is 16.2. The lowest BCUT2D eigenvalue weighted by Crippen LogP contribution is -2.40. The van der Waals surface area contributed by atoms with Crippen molar-refractivity contribution in [1.29, 1.82) is 0 Å². The molecule has 2 atom stereocenters. The summed E-state index contributed by atoms with van der Waals surface area (Å²) in [6.07, 6.45) is 12.3. The molecule has 3 heteroatoms. The molecule has 0 bridgehead atoms. The lowest BCUT2D eigenvalue weighted by Gasteiger charge is -2.36. The van der Waals surface area contributed by atoms with Crippen molar-refractivity contribution in [2.75, 3.05) is 19.6 Å². The van der Waals surface area contributed by atoms with Crippen LogP contribution >= 0.6 is 0 Å². The Balaban J connectivity index is 1.58. The standard InChI is InChI=1S/C17H30N2O/c18-13-17(8-4-1-5-9-17)10-16(20)19-11-14-6-2-3-7-15(14)12-19/h14-15H,1-13,18H2. The highest BCUT2D eigenvalue weighted by molar-refractivity contribution is 5.77. The van der Waals surface area contributed by atoms with Crippen molar-refractivity contribution in [2.45, 2.75) is 64.2 Å². The minimum absolute atomic E-state index is 0.128. The largest absolute Gasteiger partial charge is 0.342 e. The molecule has 0 spiro atoms. The molecule has 20 heavy (non-hydrogen) atoms. The number of carbonyl (C=O) groups excluding carboxylic acids is 1. The fourth-order valence-corrected chi connectivity index (χ4v) is 4.80. The molecule has 2 saturated carbocycles. The molecule has 1 aliphatic heterocycles. The van der Waals surface area contributed by atoms with Crippen LogP contribution in [0, 0.1) is 17.3 Å². The van der Waals surface area contributed by atoms with Crippen LogP contribution in [0.4, 0.5) is 0 Å². The van der Waals surface area contributed by atoms with E-state index in [2.05, 4.69) is 4.90 Å². The molecule has 0 aromatic rings. The molecule has 114 valence electrons. The lowest BCUT2D eigenvalue weighted by molar-refractivity contribution is -0.133. The molecule has 3 aliphatic rings. The third kappa shape index (κ3) is 2.88. The van der Waals surface area contributed by atoms with Gasteiger partial charge in [-0.15, -0.1) is 0 Å². The number of fused-ring (bicyclic) bond motifs is 1. The molecule has 1 amide bonds. The van der Waals surface area contributed by atoms with E-state index >= 15 is 0 Å². The van der Waals surface area contributed by atoms with E-state index in [0.29, 0.717) is 18.9 Å². The Morgan fingerprint density at radius 2 is 1.60 bits per heavy atom. The van der Waals surface area contributed by atoms with Gasteiger partial charge in [0.15, 0.2) is 0 Å². The molecule has 3 nitrogen and oxygen atoms in total. The predicted octanol–water partition coefficient (Wildman–Crippen LogP) is 2.93. The zero-order valence-corrected chi connectivity index (χ0v) is 12.8. The molecule has 2 unspecified atom stereocenters. The van der Waals surface area contributed by atoms with E-state index in [4.69, 9.17) is 5.73 Å².